The van der Waals surface area contributed by atoms with Crippen molar-refractivity contribution in [1.29, 1.82) is 0 Å². The van der Waals surface area contributed by atoms with Crippen LogP contribution in [-0.2, 0) is 0 Å². The van der Waals surface area contributed by atoms with Crippen LogP contribution < -0.4 is 30.7 Å². The number of benzene rings is 2. The van der Waals surface area contributed by atoms with Crippen LogP contribution in [0.2, 0.25) is 0 Å². The normalized spacial score (nSPS) is 19.7. The molecule has 1 aliphatic carbocycles. The Morgan fingerprint density at radius 3 is 2.37 bits per heavy atom. The van der Waals surface area contributed by atoms with E-state index in [0.717, 1.165) is 50.4 Å². The lowest BCUT2D eigenvalue weighted by Gasteiger charge is -2.37. The van der Waals surface area contributed by atoms with Crippen molar-refractivity contribution in [3.05, 3.63) is 62.7 Å². The lowest BCUT2D eigenvalue weighted by molar-refractivity contribution is 0.245. The summed E-state index contributed by atoms with van der Waals surface area (Å²) in [4.78, 5) is 34.9. The van der Waals surface area contributed by atoms with Crippen LogP contribution in [-0.4, -0.2) is 99.9 Å². The number of rotatable bonds is 5. The van der Waals surface area contributed by atoms with Crippen molar-refractivity contribution in [3.63, 3.8) is 0 Å². The van der Waals surface area contributed by atoms with Gasteiger partial charge in [0.05, 0.1) is 39.3 Å². The number of piperazine rings is 2. The number of hydrogen-bond donors (Lipinski definition) is 1. The molecule has 7 heterocycles. The van der Waals surface area contributed by atoms with Crippen LogP contribution in [0.15, 0.2) is 40.2 Å². The molecule has 0 radical (unpaired) electrons. The van der Waals surface area contributed by atoms with E-state index >= 15 is 8.78 Å². The molecule has 1 atom stereocenters. The summed E-state index contributed by atoms with van der Waals surface area (Å²) in [5.74, 6) is -0.340. The molecule has 6 aromatic rings. The maximum Gasteiger partial charge on any atom is 0.235 e. The molecule has 16 heteroatoms. The van der Waals surface area contributed by atoms with Gasteiger partial charge < -0.3 is 33.9 Å². The van der Waals surface area contributed by atoms with Gasteiger partial charge in [-0.1, -0.05) is 11.3 Å². The third kappa shape index (κ3) is 4.87. The third-order valence-corrected chi connectivity index (χ3v) is 11.9. The Morgan fingerprint density at radius 1 is 0.865 bits per heavy atom. The van der Waals surface area contributed by atoms with Gasteiger partial charge in [0.15, 0.2) is 27.8 Å². The minimum Gasteiger partial charge on any atom is -0.487 e. The van der Waals surface area contributed by atoms with Crippen LogP contribution in [0.4, 0.5) is 20.2 Å². The Kier molecular flexibility index (Phi) is 7.21. The largest absolute Gasteiger partial charge is 0.487 e. The lowest BCUT2D eigenvalue weighted by Crippen LogP contribution is -2.45. The van der Waals surface area contributed by atoms with Gasteiger partial charge in [-0.05, 0) is 45.0 Å². The molecule has 0 amide bonds. The topological polar surface area (TPSA) is 118 Å². The number of nitrogens with zero attached hydrogens (tertiary/aromatic N) is 9. The van der Waals surface area contributed by atoms with Crippen molar-refractivity contribution >= 4 is 49.5 Å². The quantitative estimate of drug-likeness (QED) is 0.281. The molecule has 1 N–H and O–H groups in total. The van der Waals surface area contributed by atoms with Crippen LogP contribution in [0, 0.1) is 11.6 Å². The van der Waals surface area contributed by atoms with Gasteiger partial charge in [-0.25, -0.2) is 8.78 Å². The van der Waals surface area contributed by atoms with E-state index in [-0.39, 0.29) is 50.7 Å². The first kappa shape index (κ1) is 31.8. The second-order valence-electron chi connectivity index (χ2n) is 14.4. The smallest absolute Gasteiger partial charge is 0.235 e. The molecule has 3 aliphatic heterocycles. The molecular weight excluding hydrogens is 691 g/mol. The molecule has 4 aromatic heterocycles. The van der Waals surface area contributed by atoms with Crippen molar-refractivity contribution in [3.8, 4) is 27.7 Å². The van der Waals surface area contributed by atoms with Gasteiger partial charge in [-0.3, -0.25) is 9.59 Å². The van der Waals surface area contributed by atoms with Crippen molar-refractivity contribution in [2.45, 2.75) is 31.8 Å². The second kappa shape index (κ2) is 11.8. The molecule has 10 rings (SSSR count). The minimum atomic E-state index is -0.498. The Bertz CT molecular complexity index is 2560. The number of pyridine rings is 2. The number of likely N-dealkylation sites (N-methyl/N-ethyl adjacent to an activating group) is 1. The van der Waals surface area contributed by atoms with Crippen LogP contribution >= 0.6 is 11.3 Å². The average Bonchev–Trinajstić information content (AvgIpc) is 3.79. The molecule has 0 bridgehead atoms. The Labute approximate surface area is 299 Å². The van der Waals surface area contributed by atoms with E-state index in [2.05, 4.69) is 25.0 Å². The van der Waals surface area contributed by atoms with E-state index in [1.807, 2.05) is 28.3 Å². The van der Waals surface area contributed by atoms with Crippen LogP contribution in [0.25, 0.3) is 48.7 Å². The fourth-order valence-corrected chi connectivity index (χ4v) is 8.75. The van der Waals surface area contributed by atoms with E-state index in [9.17, 15) is 9.59 Å². The lowest BCUT2D eigenvalue weighted by atomic mass is 10.1. The highest BCUT2D eigenvalue weighted by atomic mass is 32.1. The zero-order valence-corrected chi connectivity index (χ0v) is 29.5. The number of fused-ring (bicyclic) bond motifs is 2. The summed E-state index contributed by atoms with van der Waals surface area (Å²) in [7, 11) is 2.04. The van der Waals surface area contributed by atoms with Gasteiger partial charge in [-0.2, -0.15) is 9.61 Å². The molecule has 4 aliphatic rings. The number of hydrogen-bond acceptors (Lipinski definition) is 11. The van der Waals surface area contributed by atoms with Gasteiger partial charge in [-0.15, -0.1) is 10.2 Å². The summed E-state index contributed by atoms with van der Waals surface area (Å²) in [5.41, 5.74) is 1.93. The average molecular weight is 727 g/mol. The molecule has 52 heavy (non-hydrogen) atoms. The fourth-order valence-electron chi connectivity index (χ4n) is 7.90. The van der Waals surface area contributed by atoms with Gasteiger partial charge in [0.1, 0.15) is 18.1 Å². The highest BCUT2D eigenvalue weighted by Gasteiger charge is 2.32. The standard InChI is InChI=1S/C36H36F2N10O3S/c1-19-18-51-33-29-22(14-26(38)30(33)45-11-9-43(2)10-12-45)32(50)24(17-46(19)29)35-42-48-34(40-41-36(48)52-35)23-16-47(20-3-4-20)27-15-28(44-7-5-39-6-8-44)25(37)13-21(27)31(23)49/h13-17,19-20,39H,3-12,18H2,1-2H3/t19-/m0/s1. The maximum atomic E-state index is 16.0. The van der Waals surface area contributed by atoms with Gasteiger partial charge in [0, 0.05) is 76.2 Å². The van der Waals surface area contributed by atoms with E-state index < -0.39 is 11.6 Å². The molecular formula is C36H36F2N10O3S. The Hall–Kier alpha value is -4.93. The van der Waals surface area contributed by atoms with Crippen molar-refractivity contribution in [2.24, 2.45) is 0 Å². The molecule has 2 aromatic carbocycles. The summed E-state index contributed by atoms with van der Waals surface area (Å²) < 4.78 is 43.3. The highest BCUT2D eigenvalue weighted by molar-refractivity contribution is 7.19. The zero-order chi connectivity index (χ0) is 35.4. The monoisotopic (exact) mass is 726 g/mol. The Balaban J connectivity index is 1.10. The van der Waals surface area contributed by atoms with Gasteiger partial charge >= 0.3 is 0 Å². The van der Waals surface area contributed by atoms with Gasteiger partial charge in [0.2, 0.25) is 10.4 Å². The van der Waals surface area contributed by atoms with Crippen LogP contribution in [0.1, 0.15) is 31.8 Å². The molecule has 13 nitrogen and oxygen atoms in total. The first-order chi connectivity index (χ1) is 25.2. The summed E-state index contributed by atoms with van der Waals surface area (Å²) in [6, 6.07) is 4.52. The zero-order valence-electron chi connectivity index (χ0n) is 28.7. The predicted octanol–water partition coefficient (Wildman–Crippen LogP) is 3.88. The summed E-state index contributed by atoms with van der Waals surface area (Å²) in [6.07, 6.45) is 5.46. The van der Waals surface area contributed by atoms with Gasteiger partial charge in [0.25, 0.3) is 0 Å². The van der Waals surface area contributed by atoms with E-state index in [1.165, 1.54) is 16.6 Å². The van der Waals surface area contributed by atoms with Crippen LogP contribution in [0.3, 0.4) is 0 Å². The van der Waals surface area contributed by atoms with Crippen molar-refractivity contribution < 1.29 is 13.5 Å². The molecule has 0 unspecified atom stereocenters. The fraction of sp³-hybridized carbons (Fsp3) is 0.417. The first-order valence-corrected chi connectivity index (χ1v) is 18.6. The Morgan fingerprint density at radius 2 is 1.60 bits per heavy atom. The van der Waals surface area contributed by atoms with Crippen molar-refractivity contribution in [1.82, 2.24) is 39.2 Å². The molecule has 268 valence electrons. The van der Waals surface area contributed by atoms with Crippen molar-refractivity contribution in [2.75, 3.05) is 75.8 Å². The first-order valence-electron chi connectivity index (χ1n) is 17.8. The van der Waals surface area contributed by atoms with E-state index in [4.69, 9.17) is 9.84 Å². The number of halogens is 2. The number of nitrogens with one attached hydrogen (secondary N) is 1. The van der Waals surface area contributed by atoms with E-state index in [1.54, 1.807) is 18.5 Å². The number of aromatic nitrogens is 6. The SMILES string of the molecule is C[C@H]1COc2c(N3CCN(C)CC3)c(F)cc3c(=O)c(-c4nn5c(-c6cn(C7CC7)c7cc(N8CCNCC8)c(F)cc7c6=O)nnc5s4)cn1c23. The molecule has 0 spiro atoms. The predicted molar refractivity (Wildman–Crippen MR) is 196 cm³/mol. The summed E-state index contributed by atoms with van der Waals surface area (Å²) in [6.45, 7) is 8.09. The summed E-state index contributed by atoms with van der Waals surface area (Å²) >= 11 is 1.16. The maximum absolute atomic E-state index is 16.0. The second-order valence-corrected chi connectivity index (χ2v) is 15.3. The van der Waals surface area contributed by atoms with E-state index in [0.29, 0.717) is 70.9 Å². The minimum absolute atomic E-state index is 0.132. The third-order valence-electron chi connectivity index (χ3n) is 10.9. The molecule has 3 fully saturated rings. The molecule has 2 saturated heterocycles. The molecule has 1 saturated carbocycles. The number of ether oxygens (including phenoxy) is 1. The number of anilines is 2. The van der Waals surface area contributed by atoms with Crippen LogP contribution in [0.5, 0.6) is 5.75 Å². The highest BCUT2D eigenvalue weighted by Crippen LogP contribution is 2.43. The summed E-state index contributed by atoms with van der Waals surface area (Å²) in [5, 5.41) is 17.6.